The van der Waals surface area contributed by atoms with Crippen molar-refractivity contribution < 1.29 is 29.0 Å². The summed E-state index contributed by atoms with van der Waals surface area (Å²) in [5.74, 6) is -1.95. The number of hydrogen-bond acceptors (Lipinski definition) is 5. The van der Waals surface area contributed by atoms with Crippen LogP contribution in [0.25, 0.3) is 11.1 Å². The molecule has 0 spiro atoms. The van der Waals surface area contributed by atoms with Crippen LogP contribution in [0.5, 0.6) is 0 Å². The summed E-state index contributed by atoms with van der Waals surface area (Å²) in [6, 6.07) is 15.9. The summed E-state index contributed by atoms with van der Waals surface area (Å²) in [6.45, 7) is 4.62. The van der Waals surface area contributed by atoms with E-state index in [1.54, 1.807) is 6.92 Å². The van der Waals surface area contributed by atoms with E-state index in [0.29, 0.717) is 13.0 Å². The molecule has 1 heterocycles. The van der Waals surface area contributed by atoms with E-state index in [2.05, 4.69) is 29.6 Å². The number of amides is 2. The second-order valence-electron chi connectivity index (χ2n) is 9.02. The van der Waals surface area contributed by atoms with Gasteiger partial charge in [-0.1, -0.05) is 55.5 Å². The van der Waals surface area contributed by atoms with E-state index in [-0.39, 0.29) is 37.9 Å². The molecule has 2 aromatic carbocycles. The maximum atomic E-state index is 12.8. The molecule has 4 rings (SSSR count). The molecule has 186 valence electrons. The number of aliphatic carboxylic acids is 1. The van der Waals surface area contributed by atoms with E-state index in [1.807, 2.05) is 31.2 Å². The number of alkyl carbamates (subject to hydrolysis) is 1. The Kier molecular flexibility index (Phi) is 7.70. The largest absolute Gasteiger partial charge is 0.481 e. The lowest BCUT2D eigenvalue weighted by atomic mass is 9.98. The minimum absolute atomic E-state index is 0.0390. The molecule has 0 saturated carbocycles. The zero-order chi connectivity index (χ0) is 24.9. The molecule has 2 aromatic rings. The van der Waals surface area contributed by atoms with Crippen molar-refractivity contribution in [3.8, 4) is 11.1 Å². The summed E-state index contributed by atoms with van der Waals surface area (Å²) in [5, 5.41) is 12.2. The Morgan fingerprint density at radius 1 is 1.03 bits per heavy atom. The van der Waals surface area contributed by atoms with E-state index in [0.717, 1.165) is 22.3 Å². The maximum Gasteiger partial charge on any atom is 0.407 e. The van der Waals surface area contributed by atoms with Gasteiger partial charge in [0.25, 0.3) is 0 Å². The fourth-order valence-electron chi connectivity index (χ4n) is 5.04. The number of carbonyl (C=O) groups excluding carboxylic acids is 2. The molecule has 8 heteroatoms. The zero-order valence-corrected chi connectivity index (χ0v) is 20.1. The average Bonchev–Trinajstić information content (AvgIpc) is 3.42. The van der Waals surface area contributed by atoms with Gasteiger partial charge in [0.2, 0.25) is 5.91 Å². The molecular formula is C27H32N2O6. The lowest BCUT2D eigenvalue weighted by Crippen LogP contribution is -2.40. The third kappa shape index (κ3) is 5.32. The van der Waals surface area contributed by atoms with Crippen LogP contribution in [0.2, 0.25) is 0 Å². The Hall–Kier alpha value is -3.39. The molecule has 0 radical (unpaired) electrons. The lowest BCUT2D eigenvalue weighted by Gasteiger charge is -2.22. The molecule has 3 atom stereocenters. The van der Waals surface area contributed by atoms with Gasteiger partial charge >= 0.3 is 12.1 Å². The number of likely N-dealkylation sites (tertiary alicyclic amines) is 1. The summed E-state index contributed by atoms with van der Waals surface area (Å²) in [7, 11) is 0. The molecular weight excluding hydrogens is 448 g/mol. The number of hydrogen-bond donors (Lipinski definition) is 2. The van der Waals surface area contributed by atoms with Gasteiger partial charge in [-0.05, 0) is 35.6 Å². The summed E-state index contributed by atoms with van der Waals surface area (Å²) in [6.07, 6.45) is -0.465. The predicted octanol–water partition coefficient (Wildman–Crippen LogP) is 3.64. The molecule has 0 bridgehead atoms. The van der Waals surface area contributed by atoms with Crippen LogP contribution < -0.4 is 5.32 Å². The van der Waals surface area contributed by atoms with Gasteiger partial charge in [-0.15, -0.1) is 0 Å². The second kappa shape index (κ2) is 10.9. The Morgan fingerprint density at radius 3 is 2.23 bits per heavy atom. The summed E-state index contributed by atoms with van der Waals surface area (Å²) >= 11 is 0. The van der Waals surface area contributed by atoms with Crippen molar-refractivity contribution in [2.45, 2.75) is 44.8 Å². The topological polar surface area (TPSA) is 105 Å². The van der Waals surface area contributed by atoms with Gasteiger partial charge in [0.15, 0.2) is 0 Å². The Labute approximate surface area is 205 Å². The van der Waals surface area contributed by atoms with Crippen LogP contribution in [-0.4, -0.2) is 66.4 Å². The van der Waals surface area contributed by atoms with E-state index >= 15 is 0 Å². The molecule has 2 N–H and O–H groups in total. The van der Waals surface area contributed by atoms with Gasteiger partial charge in [-0.2, -0.15) is 0 Å². The number of ether oxygens (including phenoxy) is 2. The van der Waals surface area contributed by atoms with Crippen molar-refractivity contribution in [1.82, 2.24) is 10.2 Å². The van der Waals surface area contributed by atoms with Gasteiger partial charge in [-0.25, -0.2) is 4.79 Å². The van der Waals surface area contributed by atoms with Crippen molar-refractivity contribution >= 4 is 18.0 Å². The highest BCUT2D eigenvalue weighted by Crippen LogP contribution is 2.44. The van der Waals surface area contributed by atoms with Crippen LogP contribution in [0.1, 0.15) is 43.7 Å². The number of nitrogens with zero attached hydrogens (tertiary/aromatic N) is 1. The highest BCUT2D eigenvalue weighted by Gasteiger charge is 2.40. The fourth-order valence-corrected chi connectivity index (χ4v) is 5.04. The maximum absolute atomic E-state index is 12.8. The van der Waals surface area contributed by atoms with Gasteiger partial charge < -0.3 is 24.8 Å². The number of benzene rings is 2. The van der Waals surface area contributed by atoms with Crippen LogP contribution in [-0.2, 0) is 19.1 Å². The number of nitrogens with one attached hydrogen (secondary N) is 1. The Morgan fingerprint density at radius 2 is 1.66 bits per heavy atom. The summed E-state index contributed by atoms with van der Waals surface area (Å²) in [5.41, 5.74) is 4.58. The lowest BCUT2D eigenvalue weighted by molar-refractivity contribution is -0.145. The number of carboxylic acids is 1. The molecule has 3 unspecified atom stereocenters. The normalized spacial score (nSPS) is 19.7. The van der Waals surface area contributed by atoms with Crippen LogP contribution in [0.4, 0.5) is 4.79 Å². The molecule has 1 saturated heterocycles. The van der Waals surface area contributed by atoms with Crippen molar-refractivity contribution in [2.24, 2.45) is 5.92 Å². The van der Waals surface area contributed by atoms with Gasteiger partial charge in [0.1, 0.15) is 12.5 Å². The fraction of sp³-hybridized carbons (Fsp3) is 0.444. The number of carboxylic acid groups (broad SMARTS) is 1. The smallest absolute Gasteiger partial charge is 0.407 e. The first-order valence-electron chi connectivity index (χ1n) is 12.2. The quantitative estimate of drug-likeness (QED) is 0.568. The van der Waals surface area contributed by atoms with Crippen molar-refractivity contribution in [2.75, 3.05) is 26.3 Å². The summed E-state index contributed by atoms with van der Waals surface area (Å²) < 4.78 is 11.1. The first-order chi connectivity index (χ1) is 16.9. The predicted molar refractivity (Wildman–Crippen MR) is 130 cm³/mol. The van der Waals surface area contributed by atoms with Gasteiger partial charge in [0, 0.05) is 38.1 Å². The van der Waals surface area contributed by atoms with Crippen molar-refractivity contribution in [3.63, 3.8) is 0 Å². The first kappa shape index (κ1) is 24.7. The van der Waals surface area contributed by atoms with Crippen LogP contribution in [0.15, 0.2) is 48.5 Å². The Bertz CT molecular complexity index is 1040. The molecule has 1 fully saturated rings. The Balaban J connectivity index is 1.32. The van der Waals surface area contributed by atoms with E-state index < -0.39 is 30.1 Å². The number of rotatable bonds is 9. The monoisotopic (exact) mass is 480 g/mol. The van der Waals surface area contributed by atoms with Crippen LogP contribution in [0, 0.1) is 5.92 Å². The average molecular weight is 481 g/mol. The highest BCUT2D eigenvalue weighted by molar-refractivity contribution is 5.81. The van der Waals surface area contributed by atoms with E-state index in [9.17, 15) is 19.5 Å². The molecule has 0 aromatic heterocycles. The SMILES string of the molecule is CCOC1CN(C(=O)CC(CC)NC(=O)OCC2c3ccccc3-c3ccccc32)CC1C(=O)O. The number of carbonyl (C=O) groups is 3. The van der Waals surface area contributed by atoms with E-state index in [1.165, 1.54) is 4.90 Å². The third-order valence-corrected chi connectivity index (χ3v) is 6.90. The minimum Gasteiger partial charge on any atom is -0.481 e. The van der Waals surface area contributed by atoms with Crippen LogP contribution in [0.3, 0.4) is 0 Å². The van der Waals surface area contributed by atoms with Gasteiger partial charge in [0.05, 0.1) is 6.10 Å². The molecule has 8 nitrogen and oxygen atoms in total. The molecule has 2 amide bonds. The van der Waals surface area contributed by atoms with Crippen molar-refractivity contribution in [3.05, 3.63) is 59.7 Å². The standard InChI is InChI=1S/C27H32N2O6/c1-3-17(13-25(30)29-14-22(26(31)32)24(15-29)34-4-2)28-27(33)35-16-23-20-11-7-5-9-18(20)19-10-6-8-12-21(19)23/h5-12,17,22-24H,3-4,13-16H2,1-2H3,(H,28,33)(H,31,32). The first-order valence-corrected chi connectivity index (χ1v) is 12.2. The number of fused-ring (bicyclic) bond motifs is 3. The molecule has 2 aliphatic rings. The van der Waals surface area contributed by atoms with Crippen LogP contribution >= 0.6 is 0 Å². The van der Waals surface area contributed by atoms with E-state index in [4.69, 9.17) is 9.47 Å². The molecule has 35 heavy (non-hydrogen) atoms. The minimum atomic E-state index is -0.970. The third-order valence-electron chi connectivity index (χ3n) is 6.90. The highest BCUT2D eigenvalue weighted by atomic mass is 16.5. The van der Waals surface area contributed by atoms with Gasteiger partial charge in [-0.3, -0.25) is 9.59 Å². The molecule has 1 aliphatic carbocycles. The summed E-state index contributed by atoms with van der Waals surface area (Å²) in [4.78, 5) is 38.5. The van der Waals surface area contributed by atoms with Crippen molar-refractivity contribution in [1.29, 1.82) is 0 Å². The zero-order valence-electron chi connectivity index (χ0n) is 20.1. The molecule has 1 aliphatic heterocycles. The second-order valence-corrected chi connectivity index (χ2v) is 9.02.